The number of unbranched alkanes of at least 4 members (excludes halogenated alkanes) is 14. The lowest BCUT2D eigenvalue weighted by Gasteiger charge is -2.12. The van der Waals surface area contributed by atoms with Crippen LogP contribution in [0.1, 0.15) is 117 Å². The Bertz CT molecular complexity index is 210. The minimum Gasteiger partial charge on any atom is -0.270 e. The molecule has 0 spiro atoms. The van der Waals surface area contributed by atoms with E-state index in [1.807, 2.05) is 0 Å². The van der Waals surface area contributed by atoms with Gasteiger partial charge in [-0.3, -0.25) is 8.22 Å². The number of halogens is 2. The van der Waals surface area contributed by atoms with Crippen LogP contribution in [0.3, 0.4) is 0 Å². The van der Waals surface area contributed by atoms with Crippen molar-refractivity contribution in [3.05, 3.63) is 0 Å². The van der Waals surface area contributed by atoms with Crippen LogP contribution < -0.4 is 0 Å². The zero-order valence-corrected chi connectivity index (χ0v) is 17.0. The lowest BCUT2D eigenvalue weighted by atomic mass is 10.1. The maximum Gasteiger partial charge on any atom is 0.425 e. The molecule has 0 N–H and O–H groups in total. The van der Waals surface area contributed by atoms with E-state index in [-0.39, 0.29) is 12.1 Å². The summed E-state index contributed by atoms with van der Waals surface area (Å²) in [5, 5.41) is 0. The van der Waals surface area contributed by atoms with E-state index >= 15 is 0 Å². The molecule has 0 aromatic heterocycles. The van der Waals surface area contributed by atoms with Crippen LogP contribution in [0.15, 0.2) is 0 Å². The van der Waals surface area contributed by atoms with E-state index in [4.69, 9.17) is 0 Å². The van der Waals surface area contributed by atoms with Crippen molar-refractivity contribution in [2.45, 2.75) is 129 Å². The lowest BCUT2D eigenvalue weighted by Crippen LogP contribution is -2.21. The van der Waals surface area contributed by atoms with Crippen molar-refractivity contribution in [1.29, 1.82) is 0 Å². The Morgan fingerprint density at radius 3 is 1.00 bits per heavy atom. The smallest absolute Gasteiger partial charge is 0.270 e. The molecular weight excluding hydrogens is 306 g/mol. The fourth-order valence-corrected chi connectivity index (χ4v) is 4.94. The number of rotatable bonds is 18. The van der Waals surface area contributed by atoms with E-state index in [2.05, 4.69) is 13.8 Å². The van der Waals surface area contributed by atoms with Gasteiger partial charge in [-0.25, -0.2) is 0 Å². The summed E-state index contributed by atoms with van der Waals surface area (Å²) in [5.74, 6) is 0. The van der Waals surface area contributed by atoms with Crippen molar-refractivity contribution >= 4 is 8.74 Å². The summed E-state index contributed by atoms with van der Waals surface area (Å²) in [6.07, 6.45) is 18.8. The van der Waals surface area contributed by atoms with Gasteiger partial charge < -0.3 is 0 Å². The monoisotopic (exact) mass is 348 g/mol. The van der Waals surface area contributed by atoms with Crippen molar-refractivity contribution in [3.63, 3.8) is 0 Å². The fraction of sp³-hybridized carbons (Fsp3) is 1.00. The van der Waals surface area contributed by atoms with Gasteiger partial charge in [0.2, 0.25) is 0 Å². The largest absolute Gasteiger partial charge is 0.425 e. The van der Waals surface area contributed by atoms with Gasteiger partial charge in [0, 0.05) is 0 Å². The second-order valence-corrected chi connectivity index (χ2v) is 10.0. The van der Waals surface area contributed by atoms with Crippen molar-refractivity contribution in [2.75, 3.05) is 0 Å². The molecule has 3 heteroatoms. The predicted octanol–water partition coefficient (Wildman–Crippen LogP) is 8.65. The molecule has 0 nitrogen and oxygen atoms in total. The average Bonchev–Trinajstić information content (AvgIpc) is 2.52. The Labute approximate surface area is 146 Å². The van der Waals surface area contributed by atoms with Crippen LogP contribution in [-0.4, -0.2) is 8.74 Å². The minimum absolute atomic E-state index is 0.248. The molecule has 0 rings (SSSR count). The number of hydrogen-bond acceptors (Lipinski definition) is 0. The Balaban J connectivity index is 3.33. The highest BCUT2D eigenvalue weighted by Gasteiger charge is 2.33. The molecule has 140 valence electrons. The van der Waals surface area contributed by atoms with Crippen molar-refractivity contribution in [1.82, 2.24) is 0 Å². The van der Waals surface area contributed by atoms with Gasteiger partial charge in [-0.2, -0.15) is 0 Å². The minimum atomic E-state index is -3.87. The molecule has 0 fully saturated rings. The summed E-state index contributed by atoms with van der Waals surface area (Å²) >= 11 is 0. The van der Waals surface area contributed by atoms with Gasteiger partial charge in [0.05, 0.1) is 0 Å². The number of hydrogen-bond donors (Lipinski definition) is 0. The van der Waals surface area contributed by atoms with Crippen molar-refractivity contribution in [3.8, 4) is 0 Å². The molecule has 0 amide bonds. The maximum absolute atomic E-state index is 13.9. The first-order valence-corrected chi connectivity index (χ1v) is 12.7. The summed E-state index contributed by atoms with van der Waals surface area (Å²) in [4.78, 5) is 0. The van der Waals surface area contributed by atoms with E-state index in [1.54, 1.807) is 0 Å². The molecule has 0 aliphatic carbocycles. The third-order valence-corrected chi connectivity index (χ3v) is 6.96. The van der Waals surface area contributed by atoms with Crippen LogP contribution in [0.5, 0.6) is 0 Å². The van der Waals surface area contributed by atoms with Crippen LogP contribution in [0, 0.1) is 0 Å². The summed E-state index contributed by atoms with van der Waals surface area (Å²) in [6.45, 7) is 4.44. The Morgan fingerprint density at radius 1 is 0.435 bits per heavy atom. The van der Waals surface area contributed by atoms with E-state index in [9.17, 15) is 8.22 Å². The zero-order valence-electron chi connectivity index (χ0n) is 16.0. The van der Waals surface area contributed by atoms with Gasteiger partial charge in [-0.1, -0.05) is 117 Å². The topological polar surface area (TPSA) is 0 Å². The van der Waals surface area contributed by atoms with Crippen LogP contribution in [0.2, 0.25) is 12.1 Å². The second-order valence-electron chi connectivity index (χ2n) is 7.31. The highest BCUT2D eigenvalue weighted by atomic mass is 28.4. The van der Waals surface area contributed by atoms with E-state index in [0.29, 0.717) is 0 Å². The van der Waals surface area contributed by atoms with Crippen LogP contribution in [-0.2, 0) is 0 Å². The fourth-order valence-electron chi connectivity index (χ4n) is 3.16. The van der Waals surface area contributed by atoms with E-state index < -0.39 is 8.74 Å². The first-order chi connectivity index (χ1) is 11.1. The van der Waals surface area contributed by atoms with Crippen molar-refractivity contribution in [2.24, 2.45) is 0 Å². The molecule has 0 aromatic rings. The van der Waals surface area contributed by atoms with Gasteiger partial charge in [-0.15, -0.1) is 0 Å². The Kier molecular flexibility index (Phi) is 17.0. The molecular formula is C20H42F2Si. The highest BCUT2D eigenvalue weighted by molar-refractivity contribution is 6.66. The molecule has 0 heterocycles. The first-order valence-electron chi connectivity index (χ1n) is 10.5. The average molecular weight is 349 g/mol. The Morgan fingerprint density at radius 2 is 0.696 bits per heavy atom. The normalized spacial score (nSPS) is 12.0. The second kappa shape index (κ2) is 16.9. The van der Waals surface area contributed by atoms with Gasteiger partial charge >= 0.3 is 8.74 Å². The molecule has 0 radical (unpaired) electrons. The molecule has 0 aliphatic heterocycles. The summed E-state index contributed by atoms with van der Waals surface area (Å²) in [5.41, 5.74) is 0. The van der Waals surface area contributed by atoms with Gasteiger partial charge in [0.15, 0.2) is 0 Å². The third-order valence-electron chi connectivity index (χ3n) is 4.79. The van der Waals surface area contributed by atoms with Gasteiger partial charge in [0.1, 0.15) is 0 Å². The molecule has 0 unspecified atom stereocenters. The predicted molar refractivity (Wildman–Crippen MR) is 103 cm³/mol. The lowest BCUT2D eigenvalue weighted by molar-refractivity contribution is 0.534. The van der Waals surface area contributed by atoms with E-state index in [1.165, 1.54) is 64.2 Å². The molecule has 0 saturated heterocycles. The summed E-state index contributed by atoms with van der Waals surface area (Å²) in [7, 11) is -3.87. The SMILES string of the molecule is CCCCCCCCCC[Si](F)(F)CCCCCCCCCC. The third kappa shape index (κ3) is 18.3. The van der Waals surface area contributed by atoms with E-state index in [0.717, 1.165) is 38.5 Å². The molecule has 0 atom stereocenters. The Hall–Kier alpha value is 0.0769. The van der Waals surface area contributed by atoms with Crippen molar-refractivity contribution < 1.29 is 8.22 Å². The molecule has 23 heavy (non-hydrogen) atoms. The molecule has 0 bridgehead atoms. The first kappa shape index (κ1) is 23.1. The quantitative estimate of drug-likeness (QED) is 0.132. The standard InChI is InChI=1S/C20H42F2Si/c1-3-5-7-9-11-13-15-17-19-23(21,22)20-18-16-14-12-10-8-6-4-2/h3-20H2,1-2H3. The van der Waals surface area contributed by atoms with Crippen LogP contribution in [0.4, 0.5) is 8.22 Å². The molecule has 0 saturated carbocycles. The van der Waals surface area contributed by atoms with Crippen LogP contribution in [0.25, 0.3) is 0 Å². The maximum atomic E-state index is 13.9. The molecule has 0 aliphatic rings. The molecule has 0 aromatic carbocycles. The van der Waals surface area contributed by atoms with Crippen LogP contribution >= 0.6 is 0 Å². The zero-order chi connectivity index (χ0) is 17.2. The highest BCUT2D eigenvalue weighted by Crippen LogP contribution is 2.26. The summed E-state index contributed by atoms with van der Waals surface area (Å²) in [6, 6.07) is 0.497. The summed E-state index contributed by atoms with van der Waals surface area (Å²) < 4.78 is 27.8. The van der Waals surface area contributed by atoms with Gasteiger partial charge in [0.25, 0.3) is 0 Å². The van der Waals surface area contributed by atoms with Gasteiger partial charge in [-0.05, 0) is 12.1 Å².